The van der Waals surface area contributed by atoms with Gasteiger partial charge in [-0.25, -0.2) is 4.39 Å². The van der Waals surface area contributed by atoms with Crippen LogP contribution in [0.15, 0.2) is 12.1 Å². The largest absolute Gasteiger partial charge is 0.377 e. The summed E-state index contributed by atoms with van der Waals surface area (Å²) in [4.78, 5) is 12.0. The molecule has 5 heteroatoms. The Morgan fingerprint density at radius 1 is 1.22 bits per heavy atom. The van der Waals surface area contributed by atoms with E-state index >= 15 is 0 Å². The molecule has 2 N–H and O–H groups in total. The number of nitrogens with one attached hydrogen (secondary N) is 2. The van der Waals surface area contributed by atoms with E-state index in [2.05, 4.69) is 10.6 Å². The number of fused-ring (bicyclic) bond motifs is 1. The standard InChI is InChI=1S/C13H14FIN2O/c14-8-5-11-10(6-9(8)15)16-12(18)7-13(17-11)3-1-2-4-13/h5-6,17H,1-4,7H2,(H,16,18). The molecule has 96 valence electrons. The summed E-state index contributed by atoms with van der Waals surface area (Å²) in [6, 6.07) is 3.17. The maximum atomic E-state index is 13.7. The van der Waals surface area contributed by atoms with Crippen LogP contribution >= 0.6 is 22.6 Å². The molecular formula is C13H14FIN2O. The first-order valence-electron chi connectivity index (χ1n) is 6.15. The van der Waals surface area contributed by atoms with Crippen LogP contribution < -0.4 is 10.6 Å². The molecule has 0 atom stereocenters. The molecule has 1 fully saturated rings. The van der Waals surface area contributed by atoms with E-state index in [0.717, 1.165) is 25.7 Å². The number of hydrogen-bond donors (Lipinski definition) is 2. The molecule has 0 bridgehead atoms. The molecule has 1 aliphatic carbocycles. The van der Waals surface area contributed by atoms with Crippen LogP contribution in [0.1, 0.15) is 32.1 Å². The van der Waals surface area contributed by atoms with E-state index in [-0.39, 0.29) is 17.3 Å². The van der Waals surface area contributed by atoms with Gasteiger partial charge >= 0.3 is 0 Å². The van der Waals surface area contributed by atoms with Gasteiger partial charge in [0.15, 0.2) is 0 Å². The monoisotopic (exact) mass is 360 g/mol. The quantitative estimate of drug-likeness (QED) is 0.696. The summed E-state index contributed by atoms with van der Waals surface area (Å²) in [7, 11) is 0. The van der Waals surface area contributed by atoms with Crippen LogP contribution in [0.5, 0.6) is 0 Å². The molecule has 1 spiro atoms. The molecule has 0 aromatic heterocycles. The second-order valence-electron chi connectivity index (χ2n) is 5.15. The summed E-state index contributed by atoms with van der Waals surface area (Å²) in [5.41, 5.74) is 1.23. The van der Waals surface area contributed by atoms with Crippen LogP contribution in [-0.2, 0) is 4.79 Å². The zero-order valence-electron chi connectivity index (χ0n) is 9.85. The third-order valence-electron chi connectivity index (χ3n) is 3.79. The van der Waals surface area contributed by atoms with Gasteiger partial charge in [0.2, 0.25) is 5.91 Å². The van der Waals surface area contributed by atoms with Crippen molar-refractivity contribution < 1.29 is 9.18 Å². The van der Waals surface area contributed by atoms with Gasteiger partial charge in [-0.1, -0.05) is 12.8 Å². The SMILES string of the molecule is O=C1CC2(CCCC2)Nc2cc(F)c(I)cc2N1. The van der Waals surface area contributed by atoms with Gasteiger partial charge in [0.1, 0.15) is 5.82 Å². The number of carbonyl (C=O) groups is 1. The summed E-state index contributed by atoms with van der Waals surface area (Å²) in [6.07, 6.45) is 4.69. The van der Waals surface area contributed by atoms with Gasteiger partial charge in [-0.3, -0.25) is 4.79 Å². The molecule has 1 heterocycles. The lowest BCUT2D eigenvalue weighted by molar-refractivity contribution is -0.117. The predicted molar refractivity (Wildman–Crippen MR) is 77.2 cm³/mol. The van der Waals surface area contributed by atoms with Crippen molar-refractivity contribution in [3.8, 4) is 0 Å². The van der Waals surface area contributed by atoms with Crippen LogP contribution in [0.4, 0.5) is 15.8 Å². The first-order valence-corrected chi connectivity index (χ1v) is 7.23. The Balaban J connectivity index is 2.05. The van der Waals surface area contributed by atoms with Crippen LogP contribution in [0.3, 0.4) is 0 Å². The molecule has 1 aromatic rings. The summed E-state index contributed by atoms with van der Waals surface area (Å²) in [5.74, 6) is -0.225. The molecule has 1 aromatic carbocycles. The average molecular weight is 360 g/mol. The number of amides is 1. The third-order valence-corrected chi connectivity index (χ3v) is 4.62. The second-order valence-corrected chi connectivity index (χ2v) is 6.31. The second kappa shape index (κ2) is 4.36. The van der Waals surface area contributed by atoms with Gasteiger partial charge in [-0.05, 0) is 41.5 Å². The van der Waals surface area contributed by atoms with E-state index in [9.17, 15) is 9.18 Å². The molecule has 0 saturated heterocycles. The van der Waals surface area contributed by atoms with E-state index < -0.39 is 0 Å². The zero-order valence-corrected chi connectivity index (χ0v) is 12.0. The predicted octanol–water partition coefficient (Wildman–Crippen LogP) is 3.50. The number of hydrogen-bond acceptors (Lipinski definition) is 2. The lowest BCUT2D eigenvalue weighted by Crippen LogP contribution is -2.36. The molecule has 3 nitrogen and oxygen atoms in total. The minimum atomic E-state index is -0.244. The van der Waals surface area contributed by atoms with Gasteiger partial charge in [0, 0.05) is 18.0 Å². The lowest BCUT2D eigenvalue weighted by atomic mass is 9.93. The smallest absolute Gasteiger partial charge is 0.226 e. The Bertz CT molecular complexity index is 512. The fourth-order valence-corrected chi connectivity index (χ4v) is 3.41. The molecule has 18 heavy (non-hydrogen) atoms. The molecule has 1 saturated carbocycles. The van der Waals surface area contributed by atoms with Crippen molar-refractivity contribution in [3.05, 3.63) is 21.5 Å². The first kappa shape index (κ1) is 12.2. The molecule has 2 aliphatic rings. The number of rotatable bonds is 0. The van der Waals surface area contributed by atoms with E-state index in [1.165, 1.54) is 6.07 Å². The minimum absolute atomic E-state index is 0.0190. The van der Waals surface area contributed by atoms with Crippen molar-refractivity contribution in [2.45, 2.75) is 37.6 Å². The van der Waals surface area contributed by atoms with E-state index in [4.69, 9.17) is 0 Å². The summed E-state index contributed by atoms with van der Waals surface area (Å²) < 4.78 is 14.2. The molecule has 1 aliphatic heterocycles. The Labute approximate surface area is 119 Å². The number of halogens is 2. The highest BCUT2D eigenvalue weighted by Gasteiger charge is 2.38. The van der Waals surface area contributed by atoms with Crippen LogP contribution in [0, 0.1) is 9.39 Å². The molecule has 1 amide bonds. The Hall–Kier alpha value is -0.850. The van der Waals surface area contributed by atoms with E-state index in [0.29, 0.717) is 21.4 Å². The van der Waals surface area contributed by atoms with Crippen LogP contribution in [-0.4, -0.2) is 11.4 Å². The Kier molecular flexibility index (Phi) is 2.96. The van der Waals surface area contributed by atoms with Crippen molar-refractivity contribution >= 4 is 39.9 Å². The highest BCUT2D eigenvalue weighted by Crippen LogP contribution is 2.40. The van der Waals surface area contributed by atoms with Gasteiger partial charge in [-0.2, -0.15) is 0 Å². The van der Waals surface area contributed by atoms with Gasteiger partial charge in [0.25, 0.3) is 0 Å². The first-order chi connectivity index (χ1) is 8.58. The van der Waals surface area contributed by atoms with Crippen LogP contribution in [0.25, 0.3) is 0 Å². The Morgan fingerprint density at radius 2 is 1.94 bits per heavy atom. The summed E-state index contributed by atoms with van der Waals surface area (Å²) in [5, 5.41) is 6.28. The van der Waals surface area contributed by atoms with Crippen molar-refractivity contribution in [1.82, 2.24) is 0 Å². The highest BCUT2D eigenvalue weighted by atomic mass is 127. The highest BCUT2D eigenvalue weighted by molar-refractivity contribution is 14.1. The van der Waals surface area contributed by atoms with Gasteiger partial charge in [0.05, 0.1) is 14.9 Å². The molecule has 3 rings (SSSR count). The third kappa shape index (κ3) is 2.08. The van der Waals surface area contributed by atoms with Crippen molar-refractivity contribution in [2.75, 3.05) is 10.6 Å². The average Bonchev–Trinajstić information content (AvgIpc) is 2.68. The topological polar surface area (TPSA) is 41.1 Å². The van der Waals surface area contributed by atoms with E-state index in [1.54, 1.807) is 6.07 Å². The summed E-state index contributed by atoms with van der Waals surface area (Å²) >= 11 is 1.94. The fraction of sp³-hybridized carbons (Fsp3) is 0.462. The van der Waals surface area contributed by atoms with Crippen molar-refractivity contribution in [1.29, 1.82) is 0 Å². The van der Waals surface area contributed by atoms with Gasteiger partial charge < -0.3 is 10.6 Å². The molecular weight excluding hydrogens is 346 g/mol. The molecule has 0 radical (unpaired) electrons. The maximum absolute atomic E-state index is 13.7. The lowest BCUT2D eigenvalue weighted by Gasteiger charge is -2.28. The fourth-order valence-electron chi connectivity index (χ4n) is 2.94. The maximum Gasteiger partial charge on any atom is 0.226 e. The van der Waals surface area contributed by atoms with Gasteiger partial charge in [-0.15, -0.1) is 0 Å². The Morgan fingerprint density at radius 3 is 2.67 bits per heavy atom. The van der Waals surface area contributed by atoms with E-state index in [1.807, 2.05) is 22.6 Å². The minimum Gasteiger partial charge on any atom is -0.377 e. The van der Waals surface area contributed by atoms with Crippen molar-refractivity contribution in [3.63, 3.8) is 0 Å². The number of carbonyl (C=O) groups excluding carboxylic acids is 1. The van der Waals surface area contributed by atoms with Crippen LogP contribution in [0.2, 0.25) is 0 Å². The zero-order chi connectivity index (χ0) is 12.8. The normalized spacial score (nSPS) is 21.1. The van der Waals surface area contributed by atoms with Crippen molar-refractivity contribution in [2.24, 2.45) is 0 Å². The number of benzene rings is 1. The summed E-state index contributed by atoms with van der Waals surface area (Å²) in [6.45, 7) is 0. The number of anilines is 2. The molecule has 0 unspecified atom stereocenters.